The maximum atomic E-state index is 11.1. The van der Waals surface area contributed by atoms with Gasteiger partial charge in [0.1, 0.15) is 5.78 Å². The highest BCUT2D eigenvalue weighted by atomic mass is 16.1. The van der Waals surface area contributed by atoms with Crippen molar-refractivity contribution in [2.45, 2.75) is 52.0 Å². The number of hydrogen-bond acceptors (Lipinski definition) is 2. The number of carbonyl (C=O) groups is 1. The van der Waals surface area contributed by atoms with Crippen LogP contribution in [0.25, 0.3) is 0 Å². The van der Waals surface area contributed by atoms with Gasteiger partial charge in [-0.1, -0.05) is 0 Å². The second-order valence-corrected chi connectivity index (χ2v) is 5.07. The molecule has 0 saturated heterocycles. The van der Waals surface area contributed by atoms with E-state index in [0.717, 1.165) is 32.1 Å². The molecule has 3 nitrogen and oxygen atoms in total. The van der Waals surface area contributed by atoms with Crippen molar-refractivity contribution < 1.29 is 4.79 Å². The van der Waals surface area contributed by atoms with Crippen molar-refractivity contribution in [2.75, 3.05) is 0 Å². The van der Waals surface area contributed by atoms with Gasteiger partial charge in [0.25, 0.3) is 0 Å². The summed E-state index contributed by atoms with van der Waals surface area (Å²) in [6.45, 7) is 4.27. The zero-order valence-corrected chi connectivity index (χ0v) is 10.1. The Morgan fingerprint density at radius 3 is 2.69 bits per heavy atom. The van der Waals surface area contributed by atoms with Gasteiger partial charge < -0.3 is 0 Å². The van der Waals surface area contributed by atoms with Gasteiger partial charge in [0.2, 0.25) is 0 Å². The van der Waals surface area contributed by atoms with Crippen molar-refractivity contribution in [3.8, 4) is 0 Å². The highest BCUT2D eigenvalue weighted by Crippen LogP contribution is 2.24. The van der Waals surface area contributed by atoms with E-state index in [0.29, 0.717) is 17.7 Å². The van der Waals surface area contributed by atoms with Crippen LogP contribution in [-0.2, 0) is 11.2 Å². The summed E-state index contributed by atoms with van der Waals surface area (Å²) in [5.41, 5.74) is 1.17. The Morgan fingerprint density at radius 2 is 2.12 bits per heavy atom. The SMILES string of the molecule is CC(C)n1ccc(CC2CCC(=O)CC2)n1. The molecule has 0 aromatic carbocycles. The number of Topliss-reactive ketones (excluding diaryl/α,β-unsaturated/α-hetero) is 1. The van der Waals surface area contributed by atoms with Crippen LogP contribution in [0.5, 0.6) is 0 Å². The molecule has 1 aromatic heterocycles. The predicted molar refractivity (Wildman–Crippen MR) is 63.3 cm³/mol. The van der Waals surface area contributed by atoms with Gasteiger partial charge in [0, 0.05) is 25.1 Å². The fourth-order valence-corrected chi connectivity index (χ4v) is 2.27. The van der Waals surface area contributed by atoms with Gasteiger partial charge in [-0.2, -0.15) is 5.10 Å². The molecule has 2 rings (SSSR count). The van der Waals surface area contributed by atoms with Crippen molar-refractivity contribution in [2.24, 2.45) is 5.92 Å². The first-order chi connectivity index (χ1) is 7.65. The van der Waals surface area contributed by atoms with Gasteiger partial charge in [-0.25, -0.2) is 0 Å². The molecule has 0 aliphatic heterocycles. The molecule has 1 saturated carbocycles. The third kappa shape index (κ3) is 2.71. The van der Waals surface area contributed by atoms with Crippen molar-refractivity contribution >= 4 is 5.78 Å². The summed E-state index contributed by atoms with van der Waals surface area (Å²) in [6, 6.07) is 2.54. The number of carbonyl (C=O) groups excluding carboxylic acids is 1. The molecule has 1 aliphatic rings. The number of aromatic nitrogens is 2. The molecule has 0 unspecified atom stereocenters. The van der Waals surface area contributed by atoms with Crippen LogP contribution in [0.3, 0.4) is 0 Å². The minimum Gasteiger partial charge on any atom is -0.300 e. The topological polar surface area (TPSA) is 34.9 Å². The van der Waals surface area contributed by atoms with Gasteiger partial charge in [0.05, 0.1) is 5.69 Å². The summed E-state index contributed by atoms with van der Waals surface area (Å²) in [7, 11) is 0. The summed E-state index contributed by atoms with van der Waals surface area (Å²) >= 11 is 0. The van der Waals surface area contributed by atoms with Crippen LogP contribution in [0.1, 0.15) is 51.3 Å². The molecule has 0 bridgehead atoms. The lowest BCUT2D eigenvalue weighted by molar-refractivity contribution is -0.121. The third-order valence-corrected chi connectivity index (χ3v) is 3.35. The lowest BCUT2D eigenvalue weighted by Crippen LogP contribution is -2.16. The molecule has 1 heterocycles. The Morgan fingerprint density at radius 1 is 1.44 bits per heavy atom. The van der Waals surface area contributed by atoms with E-state index in [1.54, 1.807) is 0 Å². The summed E-state index contributed by atoms with van der Waals surface area (Å²) in [4.78, 5) is 11.1. The van der Waals surface area contributed by atoms with E-state index in [1.165, 1.54) is 5.69 Å². The molecule has 0 radical (unpaired) electrons. The van der Waals surface area contributed by atoms with Crippen LogP contribution in [0.4, 0.5) is 0 Å². The predicted octanol–water partition coefficient (Wildman–Crippen LogP) is 2.77. The number of nitrogens with zero attached hydrogens (tertiary/aromatic N) is 2. The van der Waals surface area contributed by atoms with Crippen LogP contribution in [0.15, 0.2) is 12.3 Å². The molecule has 1 aliphatic carbocycles. The van der Waals surface area contributed by atoms with Crippen LogP contribution in [0, 0.1) is 5.92 Å². The highest BCUT2D eigenvalue weighted by Gasteiger charge is 2.19. The molecule has 0 spiro atoms. The molecule has 88 valence electrons. The average Bonchev–Trinajstić information content (AvgIpc) is 2.70. The van der Waals surface area contributed by atoms with Crippen LogP contribution in [0.2, 0.25) is 0 Å². The lowest BCUT2D eigenvalue weighted by Gasteiger charge is -2.19. The van der Waals surface area contributed by atoms with E-state index < -0.39 is 0 Å². The summed E-state index contributed by atoms with van der Waals surface area (Å²) in [5.74, 6) is 1.09. The summed E-state index contributed by atoms with van der Waals surface area (Å²) < 4.78 is 2.00. The van der Waals surface area contributed by atoms with Gasteiger partial charge in [-0.05, 0) is 45.1 Å². The van der Waals surface area contributed by atoms with Crippen molar-refractivity contribution in [1.29, 1.82) is 0 Å². The molecule has 16 heavy (non-hydrogen) atoms. The van der Waals surface area contributed by atoms with E-state index in [4.69, 9.17) is 0 Å². The first-order valence-corrected chi connectivity index (χ1v) is 6.21. The van der Waals surface area contributed by atoms with Crippen LogP contribution < -0.4 is 0 Å². The van der Waals surface area contributed by atoms with E-state index in [-0.39, 0.29) is 0 Å². The molecule has 0 N–H and O–H groups in total. The number of hydrogen-bond donors (Lipinski definition) is 0. The summed E-state index contributed by atoms with van der Waals surface area (Å²) in [5, 5.41) is 4.55. The Hall–Kier alpha value is -1.12. The first kappa shape index (κ1) is 11.4. The fraction of sp³-hybridized carbons (Fsp3) is 0.692. The van der Waals surface area contributed by atoms with Crippen molar-refractivity contribution in [3.05, 3.63) is 18.0 Å². The van der Waals surface area contributed by atoms with E-state index in [9.17, 15) is 4.79 Å². The van der Waals surface area contributed by atoms with Gasteiger partial charge >= 0.3 is 0 Å². The zero-order valence-electron chi connectivity index (χ0n) is 10.1. The Kier molecular flexibility index (Phi) is 3.42. The minimum atomic E-state index is 0.432. The minimum absolute atomic E-state index is 0.432. The van der Waals surface area contributed by atoms with Gasteiger partial charge in [0.15, 0.2) is 0 Å². The maximum Gasteiger partial charge on any atom is 0.132 e. The molecule has 1 fully saturated rings. The molecule has 0 atom stereocenters. The largest absolute Gasteiger partial charge is 0.300 e. The van der Waals surface area contributed by atoms with Gasteiger partial charge in [-0.3, -0.25) is 9.48 Å². The van der Waals surface area contributed by atoms with Crippen molar-refractivity contribution in [1.82, 2.24) is 9.78 Å². The van der Waals surface area contributed by atoms with Crippen LogP contribution in [-0.4, -0.2) is 15.6 Å². The van der Waals surface area contributed by atoms with E-state index in [2.05, 4.69) is 25.0 Å². The normalized spacial score (nSPS) is 18.3. The number of rotatable bonds is 3. The molecule has 0 amide bonds. The van der Waals surface area contributed by atoms with Gasteiger partial charge in [-0.15, -0.1) is 0 Å². The lowest BCUT2D eigenvalue weighted by atomic mass is 9.85. The average molecular weight is 220 g/mol. The standard InChI is InChI=1S/C13H20N2O/c1-10(2)15-8-7-12(14-15)9-11-3-5-13(16)6-4-11/h7-8,10-11H,3-6,9H2,1-2H3. The molecule has 1 aromatic rings. The molecule has 3 heteroatoms. The highest BCUT2D eigenvalue weighted by molar-refractivity contribution is 5.79. The van der Waals surface area contributed by atoms with Crippen LogP contribution >= 0.6 is 0 Å². The quantitative estimate of drug-likeness (QED) is 0.785. The fourth-order valence-electron chi connectivity index (χ4n) is 2.27. The van der Waals surface area contributed by atoms with Crippen molar-refractivity contribution in [3.63, 3.8) is 0 Å². The second-order valence-electron chi connectivity index (χ2n) is 5.07. The molecular formula is C13H20N2O. The monoisotopic (exact) mass is 220 g/mol. The zero-order chi connectivity index (χ0) is 11.5. The Balaban J connectivity index is 1.91. The molecular weight excluding hydrogens is 200 g/mol. The first-order valence-electron chi connectivity index (χ1n) is 6.21. The third-order valence-electron chi connectivity index (χ3n) is 3.35. The second kappa shape index (κ2) is 4.81. The smallest absolute Gasteiger partial charge is 0.132 e. The maximum absolute atomic E-state index is 11.1. The number of ketones is 1. The van der Waals surface area contributed by atoms with E-state index in [1.807, 2.05) is 10.9 Å². The Labute approximate surface area is 96.8 Å². The Bertz CT molecular complexity index is 358. The van der Waals surface area contributed by atoms with E-state index >= 15 is 0 Å². The summed E-state index contributed by atoms with van der Waals surface area (Å²) in [6.07, 6.45) is 6.73.